The van der Waals surface area contributed by atoms with Crippen LogP contribution in [0.2, 0.25) is 5.02 Å². The number of carbonyl (C=O) groups excluding carboxylic acids is 1. The highest BCUT2D eigenvalue weighted by atomic mass is 35.5. The van der Waals surface area contributed by atoms with Crippen molar-refractivity contribution >= 4 is 52.0 Å². The van der Waals surface area contributed by atoms with Gasteiger partial charge in [0, 0.05) is 49.7 Å². The average molecular weight is 449 g/mol. The van der Waals surface area contributed by atoms with Crippen LogP contribution >= 0.6 is 23.8 Å². The van der Waals surface area contributed by atoms with Crippen molar-refractivity contribution < 1.29 is 14.5 Å². The normalized spacial score (nSPS) is 13.7. The van der Waals surface area contributed by atoms with Crippen molar-refractivity contribution in [3.63, 3.8) is 0 Å². The SMILES string of the molecule is COC(=O)c1ccc(NC(=S)N2CCN(c3ccc([N+](=O)[O-])cc3C)CC2)cc1Cl. The van der Waals surface area contributed by atoms with Gasteiger partial charge in [0.15, 0.2) is 5.11 Å². The molecule has 0 amide bonds. The van der Waals surface area contributed by atoms with E-state index in [1.807, 2.05) is 6.92 Å². The number of esters is 1. The zero-order valence-corrected chi connectivity index (χ0v) is 18.1. The van der Waals surface area contributed by atoms with E-state index in [1.54, 1.807) is 30.3 Å². The Bertz CT molecular complexity index is 993. The summed E-state index contributed by atoms with van der Waals surface area (Å²) >= 11 is 11.7. The lowest BCUT2D eigenvalue weighted by atomic mass is 10.1. The Morgan fingerprint density at radius 3 is 2.47 bits per heavy atom. The summed E-state index contributed by atoms with van der Waals surface area (Å²) in [4.78, 5) is 26.4. The molecule has 0 saturated carbocycles. The Morgan fingerprint density at radius 2 is 1.90 bits per heavy atom. The first-order valence-electron chi connectivity index (χ1n) is 9.24. The van der Waals surface area contributed by atoms with E-state index < -0.39 is 5.97 Å². The molecule has 2 aromatic rings. The number of thiocarbonyl (C=S) groups is 1. The first kappa shape index (κ1) is 21.8. The monoisotopic (exact) mass is 448 g/mol. The number of benzene rings is 2. The number of nitro groups is 1. The second kappa shape index (κ2) is 9.27. The maximum absolute atomic E-state index is 11.6. The second-order valence-electron chi connectivity index (χ2n) is 6.82. The number of ether oxygens (including phenoxy) is 1. The summed E-state index contributed by atoms with van der Waals surface area (Å²) in [6.45, 7) is 4.76. The van der Waals surface area contributed by atoms with Crippen LogP contribution < -0.4 is 10.2 Å². The Labute approximate surface area is 184 Å². The van der Waals surface area contributed by atoms with Crippen molar-refractivity contribution in [3.05, 3.63) is 62.7 Å². The highest BCUT2D eigenvalue weighted by Gasteiger charge is 2.21. The largest absolute Gasteiger partial charge is 0.465 e. The fourth-order valence-electron chi connectivity index (χ4n) is 3.33. The minimum atomic E-state index is -0.494. The van der Waals surface area contributed by atoms with Gasteiger partial charge in [0.05, 0.1) is 22.6 Å². The van der Waals surface area contributed by atoms with Gasteiger partial charge in [-0.2, -0.15) is 0 Å². The summed E-state index contributed by atoms with van der Waals surface area (Å²) in [5, 5.41) is 14.9. The van der Waals surface area contributed by atoms with Crippen molar-refractivity contribution in [1.29, 1.82) is 0 Å². The lowest BCUT2D eigenvalue weighted by Gasteiger charge is -2.38. The molecular formula is C20H21ClN4O4S. The van der Waals surface area contributed by atoms with Crippen LogP contribution in [0.3, 0.4) is 0 Å². The van der Waals surface area contributed by atoms with Crippen LogP contribution in [0.25, 0.3) is 0 Å². The number of nitro benzene ring substituents is 1. The van der Waals surface area contributed by atoms with Crippen molar-refractivity contribution in [2.45, 2.75) is 6.92 Å². The molecule has 1 aliphatic heterocycles. The minimum Gasteiger partial charge on any atom is -0.465 e. The van der Waals surface area contributed by atoms with Crippen LogP contribution in [0.1, 0.15) is 15.9 Å². The number of nitrogens with zero attached hydrogens (tertiary/aromatic N) is 3. The fourth-order valence-corrected chi connectivity index (χ4v) is 3.89. The van der Waals surface area contributed by atoms with E-state index in [9.17, 15) is 14.9 Å². The molecule has 158 valence electrons. The van der Waals surface area contributed by atoms with Crippen LogP contribution in [0.5, 0.6) is 0 Å². The molecule has 0 atom stereocenters. The predicted octanol–water partition coefficient (Wildman–Crippen LogP) is 3.86. The molecule has 0 spiro atoms. The maximum atomic E-state index is 11.6. The van der Waals surface area contributed by atoms with Crippen LogP contribution in [-0.2, 0) is 4.74 Å². The van der Waals surface area contributed by atoms with E-state index >= 15 is 0 Å². The van der Waals surface area contributed by atoms with Crippen molar-refractivity contribution in [3.8, 4) is 0 Å². The number of hydrogen-bond acceptors (Lipinski definition) is 6. The number of aryl methyl sites for hydroxylation is 1. The molecule has 0 bridgehead atoms. The molecule has 0 radical (unpaired) electrons. The smallest absolute Gasteiger partial charge is 0.339 e. The fraction of sp³-hybridized carbons (Fsp3) is 0.300. The third-order valence-corrected chi connectivity index (χ3v) is 5.60. The lowest BCUT2D eigenvalue weighted by Crippen LogP contribution is -2.50. The van der Waals surface area contributed by atoms with Gasteiger partial charge in [-0.25, -0.2) is 4.79 Å². The van der Waals surface area contributed by atoms with Gasteiger partial charge >= 0.3 is 5.97 Å². The third-order valence-electron chi connectivity index (χ3n) is 4.92. The quantitative estimate of drug-likeness (QED) is 0.326. The van der Waals surface area contributed by atoms with Gasteiger partial charge in [-0.1, -0.05) is 11.6 Å². The Kier molecular flexibility index (Phi) is 6.73. The highest BCUT2D eigenvalue weighted by Crippen LogP contribution is 2.26. The highest BCUT2D eigenvalue weighted by molar-refractivity contribution is 7.80. The van der Waals surface area contributed by atoms with Gasteiger partial charge in [0.2, 0.25) is 0 Å². The topological polar surface area (TPSA) is 88.0 Å². The summed E-state index contributed by atoms with van der Waals surface area (Å²) in [5.41, 5.74) is 2.94. The lowest BCUT2D eigenvalue weighted by molar-refractivity contribution is -0.384. The Balaban J connectivity index is 1.60. The van der Waals surface area contributed by atoms with E-state index in [0.717, 1.165) is 24.3 Å². The van der Waals surface area contributed by atoms with Crippen molar-refractivity contribution in [1.82, 2.24) is 4.90 Å². The Morgan fingerprint density at radius 1 is 1.20 bits per heavy atom. The van der Waals surface area contributed by atoms with E-state index in [0.29, 0.717) is 29.5 Å². The van der Waals surface area contributed by atoms with Gasteiger partial charge in [-0.05, 0) is 49.0 Å². The number of hydrogen-bond donors (Lipinski definition) is 1. The van der Waals surface area contributed by atoms with E-state index in [4.69, 9.17) is 28.6 Å². The summed E-state index contributed by atoms with van der Waals surface area (Å²) in [7, 11) is 1.30. The van der Waals surface area contributed by atoms with Gasteiger partial charge in [0.1, 0.15) is 0 Å². The molecule has 1 heterocycles. The molecule has 0 unspecified atom stereocenters. The minimum absolute atomic E-state index is 0.0946. The number of anilines is 2. The number of methoxy groups -OCH3 is 1. The van der Waals surface area contributed by atoms with Gasteiger partial charge in [-0.15, -0.1) is 0 Å². The van der Waals surface area contributed by atoms with Gasteiger partial charge in [0.25, 0.3) is 5.69 Å². The van der Waals surface area contributed by atoms with Crippen molar-refractivity contribution in [2.75, 3.05) is 43.5 Å². The molecule has 1 N–H and O–H groups in total. The number of piperazine rings is 1. The molecule has 0 aliphatic carbocycles. The van der Waals surface area contributed by atoms with Crippen LogP contribution in [0.15, 0.2) is 36.4 Å². The molecule has 1 saturated heterocycles. The number of carbonyl (C=O) groups is 1. The summed E-state index contributed by atoms with van der Waals surface area (Å²) in [5.74, 6) is -0.494. The van der Waals surface area contributed by atoms with Gasteiger partial charge in [-0.3, -0.25) is 10.1 Å². The zero-order chi connectivity index (χ0) is 21.8. The molecule has 0 aromatic heterocycles. The first-order valence-corrected chi connectivity index (χ1v) is 10.0. The third kappa shape index (κ3) is 4.80. The summed E-state index contributed by atoms with van der Waals surface area (Å²) in [6, 6.07) is 9.87. The molecule has 30 heavy (non-hydrogen) atoms. The second-order valence-corrected chi connectivity index (χ2v) is 7.61. The molecule has 10 heteroatoms. The standard InChI is InChI=1S/C20H21ClN4O4S/c1-13-11-15(25(27)28)4-6-18(13)23-7-9-24(10-8-23)20(30)22-14-3-5-16(17(21)12-14)19(26)29-2/h3-6,11-12H,7-10H2,1-2H3,(H,22,30). The summed E-state index contributed by atoms with van der Waals surface area (Å²) < 4.78 is 4.69. The van der Waals surface area contributed by atoms with E-state index in [2.05, 4.69) is 15.1 Å². The van der Waals surface area contributed by atoms with Gasteiger partial charge < -0.3 is 19.9 Å². The van der Waals surface area contributed by atoms with Crippen LogP contribution in [0, 0.1) is 17.0 Å². The molecule has 1 fully saturated rings. The van der Waals surface area contributed by atoms with Crippen LogP contribution in [0.4, 0.5) is 17.1 Å². The molecule has 8 nitrogen and oxygen atoms in total. The zero-order valence-electron chi connectivity index (χ0n) is 16.6. The average Bonchev–Trinajstić information content (AvgIpc) is 2.73. The molecule has 2 aromatic carbocycles. The molecule has 1 aliphatic rings. The first-order chi connectivity index (χ1) is 14.3. The van der Waals surface area contributed by atoms with E-state index in [1.165, 1.54) is 13.2 Å². The van der Waals surface area contributed by atoms with E-state index in [-0.39, 0.29) is 15.6 Å². The summed E-state index contributed by atoms with van der Waals surface area (Å²) in [6.07, 6.45) is 0. The number of nitrogens with one attached hydrogen (secondary N) is 1. The molecule has 3 rings (SSSR count). The number of rotatable bonds is 4. The number of non-ortho nitro benzene ring substituents is 1. The maximum Gasteiger partial charge on any atom is 0.339 e. The molecular weight excluding hydrogens is 428 g/mol. The van der Waals surface area contributed by atoms with Crippen LogP contribution in [-0.4, -0.2) is 54.2 Å². The predicted molar refractivity (Wildman–Crippen MR) is 121 cm³/mol. The van der Waals surface area contributed by atoms with Crippen molar-refractivity contribution in [2.24, 2.45) is 0 Å². The Hall–Kier alpha value is -2.91. The number of halogens is 1.